The third kappa shape index (κ3) is 1.45. The summed E-state index contributed by atoms with van der Waals surface area (Å²) in [6, 6.07) is 9.06. The van der Waals surface area contributed by atoms with Crippen LogP contribution in [-0.4, -0.2) is 11.0 Å². The van der Waals surface area contributed by atoms with E-state index in [2.05, 4.69) is 4.72 Å². The van der Waals surface area contributed by atoms with E-state index in [-0.39, 0.29) is 11.0 Å². The molecule has 1 fully saturated rings. The summed E-state index contributed by atoms with van der Waals surface area (Å²) in [5.41, 5.74) is 0.759. The second-order valence-electron chi connectivity index (χ2n) is 2.73. The minimum Gasteiger partial charge on any atom is -0.293 e. The zero-order valence-electron chi connectivity index (χ0n) is 6.69. The minimum atomic E-state index is -0.619. The Hall–Kier alpha value is -1.29. The van der Waals surface area contributed by atoms with Gasteiger partial charge in [-0.05, 0) is 5.56 Å². The molecule has 0 radical (unpaired) electrons. The van der Waals surface area contributed by atoms with Crippen LogP contribution in [-0.2, 0) is 9.59 Å². The van der Waals surface area contributed by atoms with Crippen molar-refractivity contribution in [3.05, 3.63) is 35.9 Å². The van der Waals surface area contributed by atoms with Crippen molar-refractivity contribution in [2.75, 3.05) is 0 Å². The van der Waals surface area contributed by atoms with Crippen LogP contribution in [0.3, 0.4) is 0 Å². The fourth-order valence-electron chi connectivity index (χ4n) is 1.26. The first-order chi connectivity index (χ1) is 6.29. The fourth-order valence-corrected chi connectivity index (χ4v) is 1.94. The topological polar surface area (TPSA) is 46.2 Å². The van der Waals surface area contributed by atoms with Gasteiger partial charge in [0.2, 0.25) is 11.0 Å². The number of nitrogens with one attached hydrogen (secondary N) is 1. The molecule has 1 amide bonds. The van der Waals surface area contributed by atoms with E-state index in [4.69, 9.17) is 0 Å². The molecule has 2 rings (SSSR count). The lowest BCUT2D eigenvalue weighted by Crippen LogP contribution is -2.17. The van der Waals surface area contributed by atoms with Crippen molar-refractivity contribution in [3.8, 4) is 0 Å². The summed E-state index contributed by atoms with van der Waals surface area (Å²) in [4.78, 5) is 22.5. The lowest BCUT2D eigenvalue weighted by Gasteiger charge is -2.02. The van der Waals surface area contributed by atoms with Crippen LogP contribution >= 0.6 is 11.9 Å². The first-order valence-electron chi connectivity index (χ1n) is 3.84. The Labute approximate surface area is 79.7 Å². The van der Waals surface area contributed by atoms with Gasteiger partial charge in [-0.2, -0.15) is 0 Å². The quantitative estimate of drug-likeness (QED) is 0.536. The number of hydrogen-bond acceptors (Lipinski definition) is 3. The molecular formula is C9H7NO2S. The third-order valence-electron chi connectivity index (χ3n) is 1.88. The predicted molar refractivity (Wildman–Crippen MR) is 49.9 cm³/mol. The molecule has 0 spiro atoms. The van der Waals surface area contributed by atoms with E-state index in [1.165, 1.54) is 0 Å². The van der Waals surface area contributed by atoms with Gasteiger partial charge < -0.3 is 0 Å². The fraction of sp³-hybridized carbons (Fsp3) is 0.111. The van der Waals surface area contributed by atoms with E-state index in [1.807, 2.05) is 18.2 Å². The molecule has 1 unspecified atom stereocenters. The number of rotatable bonds is 1. The molecule has 1 aliphatic heterocycles. The van der Waals surface area contributed by atoms with E-state index >= 15 is 0 Å². The van der Waals surface area contributed by atoms with Crippen molar-refractivity contribution in [1.82, 2.24) is 4.72 Å². The van der Waals surface area contributed by atoms with Crippen molar-refractivity contribution >= 4 is 23.0 Å². The maximum atomic E-state index is 11.3. The van der Waals surface area contributed by atoms with E-state index in [0.29, 0.717) is 0 Å². The highest BCUT2D eigenvalue weighted by atomic mass is 32.2. The SMILES string of the molecule is O=C1NSC(=O)C1c1ccccc1. The molecule has 4 heteroatoms. The molecule has 66 valence electrons. The maximum Gasteiger partial charge on any atom is 0.246 e. The largest absolute Gasteiger partial charge is 0.293 e. The van der Waals surface area contributed by atoms with Crippen LogP contribution in [0, 0.1) is 0 Å². The summed E-state index contributed by atoms with van der Waals surface area (Å²) < 4.78 is 2.45. The summed E-state index contributed by atoms with van der Waals surface area (Å²) in [5, 5.41) is -0.129. The number of carbonyl (C=O) groups is 2. The average molecular weight is 193 g/mol. The average Bonchev–Trinajstić information content (AvgIpc) is 2.48. The van der Waals surface area contributed by atoms with Gasteiger partial charge in [0.15, 0.2) is 0 Å². The summed E-state index contributed by atoms with van der Waals surface area (Å²) in [7, 11) is 0. The molecule has 0 bridgehead atoms. The molecule has 0 aromatic heterocycles. The Morgan fingerprint density at radius 2 is 1.85 bits per heavy atom. The van der Waals surface area contributed by atoms with Crippen molar-refractivity contribution < 1.29 is 9.59 Å². The van der Waals surface area contributed by atoms with Crippen molar-refractivity contribution in [3.63, 3.8) is 0 Å². The maximum absolute atomic E-state index is 11.3. The summed E-state index contributed by atoms with van der Waals surface area (Å²) in [6.07, 6.45) is 0. The Balaban J connectivity index is 2.36. The summed E-state index contributed by atoms with van der Waals surface area (Å²) in [6.45, 7) is 0. The molecule has 0 saturated carbocycles. The minimum absolute atomic E-state index is 0.129. The lowest BCUT2D eigenvalue weighted by atomic mass is 10.0. The van der Waals surface area contributed by atoms with Crippen molar-refractivity contribution in [2.24, 2.45) is 0 Å². The molecule has 1 atom stereocenters. The zero-order valence-corrected chi connectivity index (χ0v) is 7.51. The van der Waals surface area contributed by atoms with Crippen LogP contribution in [0.1, 0.15) is 11.5 Å². The number of amides is 1. The molecule has 1 saturated heterocycles. The molecule has 1 aromatic carbocycles. The predicted octanol–water partition coefficient (Wildman–Crippen LogP) is 1.07. The molecule has 1 aromatic rings. The van der Waals surface area contributed by atoms with Crippen LogP contribution in [0.15, 0.2) is 30.3 Å². The Kier molecular flexibility index (Phi) is 2.06. The Bertz CT molecular complexity index is 334. The molecular weight excluding hydrogens is 186 g/mol. The highest BCUT2D eigenvalue weighted by Crippen LogP contribution is 2.27. The van der Waals surface area contributed by atoms with Crippen LogP contribution in [0.5, 0.6) is 0 Å². The molecule has 0 aliphatic carbocycles. The first kappa shape index (κ1) is 8.31. The smallest absolute Gasteiger partial charge is 0.246 e. The van der Waals surface area contributed by atoms with Crippen LogP contribution < -0.4 is 4.72 Å². The second-order valence-corrected chi connectivity index (χ2v) is 3.54. The van der Waals surface area contributed by atoms with Crippen LogP contribution in [0.4, 0.5) is 0 Å². The number of carbonyl (C=O) groups excluding carboxylic acids is 2. The van der Waals surface area contributed by atoms with Gasteiger partial charge in [0.1, 0.15) is 5.92 Å². The van der Waals surface area contributed by atoms with E-state index < -0.39 is 5.92 Å². The lowest BCUT2D eigenvalue weighted by molar-refractivity contribution is -0.123. The zero-order chi connectivity index (χ0) is 9.26. The summed E-state index contributed by atoms with van der Waals surface area (Å²) >= 11 is 0.870. The second kappa shape index (κ2) is 3.22. The highest BCUT2D eigenvalue weighted by molar-refractivity contribution is 8.13. The third-order valence-corrected chi connectivity index (χ3v) is 2.62. The van der Waals surface area contributed by atoms with Crippen LogP contribution in [0.25, 0.3) is 0 Å². The van der Waals surface area contributed by atoms with Crippen molar-refractivity contribution in [2.45, 2.75) is 5.92 Å². The van der Waals surface area contributed by atoms with Gasteiger partial charge in [0.05, 0.1) is 0 Å². The monoisotopic (exact) mass is 193 g/mol. The van der Waals surface area contributed by atoms with Crippen LogP contribution in [0.2, 0.25) is 0 Å². The molecule has 3 nitrogen and oxygen atoms in total. The molecule has 1 N–H and O–H groups in total. The number of benzene rings is 1. The van der Waals surface area contributed by atoms with Gasteiger partial charge in [-0.25, -0.2) is 0 Å². The van der Waals surface area contributed by atoms with E-state index in [0.717, 1.165) is 17.5 Å². The van der Waals surface area contributed by atoms with Crippen molar-refractivity contribution in [1.29, 1.82) is 0 Å². The van der Waals surface area contributed by atoms with Gasteiger partial charge >= 0.3 is 0 Å². The Morgan fingerprint density at radius 1 is 1.15 bits per heavy atom. The van der Waals surface area contributed by atoms with Gasteiger partial charge in [-0.1, -0.05) is 30.3 Å². The molecule has 1 heterocycles. The van der Waals surface area contributed by atoms with E-state index in [9.17, 15) is 9.59 Å². The molecule has 13 heavy (non-hydrogen) atoms. The van der Waals surface area contributed by atoms with Gasteiger partial charge in [0, 0.05) is 11.9 Å². The Morgan fingerprint density at radius 3 is 2.38 bits per heavy atom. The highest BCUT2D eigenvalue weighted by Gasteiger charge is 2.35. The van der Waals surface area contributed by atoms with Gasteiger partial charge in [-0.3, -0.25) is 14.3 Å². The first-order valence-corrected chi connectivity index (χ1v) is 4.66. The standard InChI is InChI=1S/C9H7NO2S/c11-8-7(9(12)13-10-8)6-4-2-1-3-5-6/h1-5,7H,(H,10,11). The molecule has 1 aliphatic rings. The summed E-state index contributed by atoms with van der Waals surface area (Å²) in [5.74, 6) is -0.840. The van der Waals surface area contributed by atoms with E-state index in [1.54, 1.807) is 12.1 Å². The number of hydrogen-bond donors (Lipinski definition) is 1. The van der Waals surface area contributed by atoms with Gasteiger partial charge in [-0.15, -0.1) is 0 Å². The van der Waals surface area contributed by atoms with Gasteiger partial charge in [0.25, 0.3) is 0 Å². The normalized spacial score (nSPS) is 21.7.